The van der Waals surface area contributed by atoms with E-state index >= 15 is 0 Å². The Balaban J connectivity index is 1.35. The molecule has 1 aromatic heterocycles. The predicted molar refractivity (Wildman–Crippen MR) is 87.8 cm³/mol. The number of aromatic nitrogens is 3. The van der Waals surface area contributed by atoms with Gasteiger partial charge in [0.25, 0.3) is 0 Å². The number of hydrogen-bond donors (Lipinski definition) is 0. The molecule has 0 spiro atoms. The molecule has 0 bridgehead atoms. The highest BCUT2D eigenvalue weighted by atomic mass is 35.5. The zero-order chi connectivity index (χ0) is 15.9. The average molecular weight is 337 g/mol. The van der Waals surface area contributed by atoms with E-state index in [9.17, 15) is 0 Å². The van der Waals surface area contributed by atoms with Crippen LogP contribution in [0, 0.1) is 0 Å². The van der Waals surface area contributed by atoms with E-state index in [1.807, 2.05) is 28.9 Å². The van der Waals surface area contributed by atoms with Crippen molar-refractivity contribution in [3.63, 3.8) is 0 Å². The summed E-state index contributed by atoms with van der Waals surface area (Å²) in [5, 5.41) is 4.85. The molecule has 0 amide bonds. The van der Waals surface area contributed by atoms with E-state index in [2.05, 4.69) is 15.0 Å². The third-order valence-electron chi connectivity index (χ3n) is 3.78. The molecular formula is C16H21ClN4O2. The fourth-order valence-corrected chi connectivity index (χ4v) is 2.76. The number of nitrogens with zero attached hydrogens (tertiary/aromatic N) is 4. The van der Waals surface area contributed by atoms with Crippen molar-refractivity contribution >= 4 is 11.6 Å². The van der Waals surface area contributed by atoms with Gasteiger partial charge in [-0.2, -0.15) is 5.10 Å². The maximum Gasteiger partial charge on any atom is 0.137 e. The first-order chi connectivity index (χ1) is 11.3. The minimum atomic E-state index is 0.169. The molecule has 6 nitrogen and oxygen atoms in total. The summed E-state index contributed by atoms with van der Waals surface area (Å²) >= 11 is 5.85. The SMILES string of the molecule is Clc1ccc(OCCCN2CCO[C@H](Cn3cncn3)C2)cc1. The molecular weight excluding hydrogens is 316 g/mol. The molecule has 1 aromatic carbocycles. The highest BCUT2D eigenvalue weighted by molar-refractivity contribution is 6.30. The summed E-state index contributed by atoms with van der Waals surface area (Å²) in [5.74, 6) is 0.862. The van der Waals surface area contributed by atoms with Crippen LogP contribution in [-0.4, -0.2) is 58.6 Å². The van der Waals surface area contributed by atoms with E-state index < -0.39 is 0 Å². The predicted octanol–water partition coefficient (Wildman–Crippen LogP) is 2.10. The number of halogens is 1. The Bertz CT molecular complexity index is 576. The monoisotopic (exact) mass is 336 g/mol. The minimum Gasteiger partial charge on any atom is -0.494 e. The first-order valence-electron chi connectivity index (χ1n) is 7.84. The van der Waals surface area contributed by atoms with Crippen LogP contribution >= 0.6 is 11.6 Å². The lowest BCUT2D eigenvalue weighted by Gasteiger charge is -2.32. The molecule has 0 radical (unpaired) electrons. The van der Waals surface area contributed by atoms with Gasteiger partial charge in [-0.15, -0.1) is 0 Å². The quantitative estimate of drug-likeness (QED) is 0.725. The van der Waals surface area contributed by atoms with Gasteiger partial charge in [-0.1, -0.05) is 11.6 Å². The van der Waals surface area contributed by atoms with Crippen molar-refractivity contribution in [2.75, 3.05) is 32.8 Å². The Morgan fingerprint density at radius 1 is 1.30 bits per heavy atom. The standard InChI is InChI=1S/C16H21ClN4O2/c17-14-2-4-15(5-3-14)22-8-1-6-20-7-9-23-16(10-20)11-21-13-18-12-19-21/h2-5,12-13,16H,1,6-11H2/t16-/m0/s1. The van der Waals surface area contributed by atoms with Crippen LogP contribution in [0.15, 0.2) is 36.9 Å². The van der Waals surface area contributed by atoms with Crippen LogP contribution in [-0.2, 0) is 11.3 Å². The third kappa shape index (κ3) is 5.20. The van der Waals surface area contributed by atoms with Crippen LogP contribution in [0.4, 0.5) is 0 Å². The zero-order valence-electron chi connectivity index (χ0n) is 13.0. The van der Waals surface area contributed by atoms with Crippen molar-refractivity contribution in [1.82, 2.24) is 19.7 Å². The number of ether oxygens (including phenoxy) is 2. The fourth-order valence-electron chi connectivity index (χ4n) is 2.64. The summed E-state index contributed by atoms with van der Waals surface area (Å²) in [6.07, 6.45) is 4.43. The fraction of sp³-hybridized carbons (Fsp3) is 0.500. The van der Waals surface area contributed by atoms with Gasteiger partial charge in [-0.3, -0.25) is 9.58 Å². The molecule has 0 saturated carbocycles. The van der Waals surface area contributed by atoms with Crippen LogP contribution in [0.3, 0.4) is 0 Å². The third-order valence-corrected chi connectivity index (χ3v) is 4.03. The van der Waals surface area contributed by atoms with Gasteiger partial charge in [-0.25, -0.2) is 4.98 Å². The summed E-state index contributed by atoms with van der Waals surface area (Å²) in [5.41, 5.74) is 0. The van der Waals surface area contributed by atoms with Gasteiger partial charge >= 0.3 is 0 Å². The van der Waals surface area contributed by atoms with Crippen LogP contribution in [0.5, 0.6) is 5.75 Å². The van der Waals surface area contributed by atoms with Gasteiger partial charge in [-0.05, 0) is 30.7 Å². The van der Waals surface area contributed by atoms with E-state index in [1.165, 1.54) is 0 Å². The second-order valence-corrected chi connectivity index (χ2v) is 6.00. The lowest BCUT2D eigenvalue weighted by molar-refractivity contribution is -0.0384. The molecule has 0 aliphatic carbocycles. The molecule has 0 unspecified atom stereocenters. The zero-order valence-corrected chi connectivity index (χ0v) is 13.7. The Kier molecular flexibility index (Phi) is 5.85. The Morgan fingerprint density at radius 3 is 2.96 bits per heavy atom. The molecule has 1 saturated heterocycles. The van der Waals surface area contributed by atoms with E-state index in [0.29, 0.717) is 6.61 Å². The first kappa shape index (κ1) is 16.2. The normalized spacial score (nSPS) is 18.9. The number of morpholine rings is 1. The number of rotatable bonds is 7. The van der Waals surface area contributed by atoms with Crippen molar-refractivity contribution < 1.29 is 9.47 Å². The maximum atomic E-state index is 5.85. The van der Waals surface area contributed by atoms with Crippen molar-refractivity contribution in [1.29, 1.82) is 0 Å². The Morgan fingerprint density at radius 2 is 2.17 bits per heavy atom. The largest absolute Gasteiger partial charge is 0.494 e. The van der Waals surface area contributed by atoms with Crippen LogP contribution in [0.2, 0.25) is 5.02 Å². The molecule has 2 aromatic rings. The highest BCUT2D eigenvalue weighted by Gasteiger charge is 2.20. The van der Waals surface area contributed by atoms with Crippen LogP contribution in [0.1, 0.15) is 6.42 Å². The molecule has 2 heterocycles. The summed E-state index contributed by atoms with van der Waals surface area (Å²) < 4.78 is 13.3. The lowest BCUT2D eigenvalue weighted by atomic mass is 10.2. The summed E-state index contributed by atoms with van der Waals surface area (Å²) in [6.45, 7) is 5.10. The van der Waals surface area contributed by atoms with Crippen LogP contribution < -0.4 is 4.74 Å². The maximum absolute atomic E-state index is 5.85. The van der Waals surface area contributed by atoms with Gasteiger partial charge < -0.3 is 9.47 Å². The Hall–Kier alpha value is -1.63. The van der Waals surface area contributed by atoms with Crippen LogP contribution in [0.25, 0.3) is 0 Å². The smallest absolute Gasteiger partial charge is 0.137 e. The molecule has 1 aliphatic rings. The van der Waals surface area contributed by atoms with Gasteiger partial charge in [0.1, 0.15) is 18.4 Å². The van der Waals surface area contributed by atoms with Gasteiger partial charge in [0.15, 0.2) is 0 Å². The van der Waals surface area contributed by atoms with Crippen molar-refractivity contribution in [2.45, 2.75) is 19.1 Å². The average Bonchev–Trinajstić information content (AvgIpc) is 3.07. The lowest BCUT2D eigenvalue weighted by Crippen LogP contribution is -2.44. The van der Waals surface area contributed by atoms with Gasteiger partial charge in [0, 0.05) is 24.7 Å². The second-order valence-electron chi connectivity index (χ2n) is 5.57. The summed E-state index contributed by atoms with van der Waals surface area (Å²) in [4.78, 5) is 6.37. The van der Waals surface area contributed by atoms with Gasteiger partial charge in [0.05, 0.1) is 25.9 Å². The van der Waals surface area contributed by atoms with Crippen molar-refractivity contribution in [3.8, 4) is 5.75 Å². The molecule has 7 heteroatoms. The molecule has 23 heavy (non-hydrogen) atoms. The highest BCUT2D eigenvalue weighted by Crippen LogP contribution is 2.15. The minimum absolute atomic E-state index is 0.169. The molecule has 3 rings (SSSR count). The van der Waals surface area contributed by atoms with E-state index in [1.54, 1.807) is 12.7 Å². The van der Waals surface area contributed by atoms with E-state index in [0.717, 1.165) is 50.0 Å². The molecule has 0 N–H and O–H groups in total. The molecule has 1 fully saturated rings. The van der Waals surface area contributed by atoms with Crippen molar-refractivity contribution in [2.24, 2.45) is 0 Å². The Labute approximate surface area is 141 Å². The second kappa shape index (κ2) is 8.29. The summed E-state index contributed by atoms with van der Waals surface area (Å²) in [6, 6.07) is 7.47. The molecule has 1 aliphatic heterocycles. The summed E-state index contributed by atoms with van der Waals surface area (Å²) in [7, 11) is 0. The molecule has 1 atom stereocenters. The van der Waals surface area contributed by atoms with Gasteiger partial charge in [0.2, 0.25) is 0 Å². The van der Waals surface area contributed by atoms with E-state index in [-0.39, 0.29) is 6.10 Å². The number of hydrogen-bond acceptors (Lipinski definition) is 5. The van der Waals surface area contributed by atoms with Crippen molar-refractivity contribution in [3.05, 3.63) is 41.9 Å². The van der Waals surface area contributed by atoms with E-state index in [4.69, 9.17) is 21.1 Å². The number of benzene rings is 1. The molecule has 124 valence electrons. The first-order valence-corrected chi connectivity index (χ1v) is 8.22. The topological polar surface area (TPSA) is 52.4 Å².